The van der Waals surface area contributed by atoms with E-state index in [0.717, 1.165) is 22.6 Å². The number of amides is 1. The van der Waals surface area contributed by atoms with E-state index in [1.165, 1.54) is 36.6 Å². The molecule has 0 spiro atoms. The van der Waals surface area contributed by atoms with Gasteiger partial charge < -0.3 is 10.3 Å². The predicted molar refractivity (Wildman–Crippen MR) is 95.7 cm³/mol. The molecule has 0 saturated heterocycles. The second-order valence-electron chi connectivity index (χ2n) is 6.70. The highest BCUT2D eigenvalue weighted by molar-refractivity contribution is 8.00. The molecule has 23 heavy (non-hydrogen) atoms. The minimum Gasteiger partial charge on any atom is -0.352 e. The van der Waals surface area contributed by atoms with Gasteiger partial charge in [-0.1, -0.05) is 37.6 Å². The summed E-state index contributed by atoms with van der Waals surface area (Å²) in [4.78, 5) is 20.3. The van der Waals surface area contributed by atoms with E-state index in [-0.39, 0.29) is 11.2 Å². The Morgan fingerprint density at radius 1 is 1.39 bits per heavy atom. The summed E-state index contributed by atoms with van der Waals surface area (Å²) in [7, 11) is 0. The van der Waals surface area contributed by atoms with Crippen LogP contribution in [0.2, 0.25) is 0 Å². The lowest BCUT2D eigenvalue weighted by molar-refractivity contribution is -0.121. The number of thioether (sulfide) groups is 1. The molecule has 1 saturated carbocycles. The van der Waals surface area contributed by atoms with Crippen molar-refractivity contribution in [2.24, 2.45) is 5.92 Å². The predicted octanol–water partition coefficient (Wildman–Crippen LogP) is 4.05. The summed E-state index contributed by atoms with van der Waals surface area (Å²) < 4.78 is 0. The molecule has 0 aliphatic heterocycles. The summed E-state index contributed by atoms with van der Waals surface area (Å²) in [5.41, 5.74) is 3.18. The van der Waals surface area contributed by atoms with Crippen molar-refractivity contribution in [2.75, 3.05) is 0 Å². The van der Waals surface area contributed by atoms with Gasteiger partial charge in [-0.2, -0.15) is 0 Å². The molecule has 2 aromatic rings. The zero-order valence-electron chi connectivity index (χ0n) is 14.1. The molecule has 5 heteroatoms. The van der Waals surface area contributed by atoms with Crippen LogP contribution >= 0.6 is 11.8 Å². The van der Waals surface area contributed by atoms with Crippen LogP contribution in [-0.4, -0.2) is 27.2 Å². The number of rotatable bonds is 4. The number of aromatic amines is 1. The highest BCUT2D eigenvalue weighted by atomic mass is 32.2. The van der Waals surface area contributed by atoms with E-state index in [4.69, 9.17) is 0 Å². The van der Waals surface area contributed by atoms with Gasteiger partial charge in [-0.15, -0.1) is 0 Å². The normalized spacial score (nSPS) is 22.9. The second-order valence-corrected chi connectivity index (χ2v) is 8.03. The average Bonchev–Trinajstić information content (AvgIpc) is 2.90. The van der Waals surface area contributed by atoms with Gasteiger partial charge in [0, 0.05) is 6.04 Å². The topological polar surface area (TPSA) is 57.8 Å². The SMILES string of the molecule is Cc1ccc2nc(S[C@H](C)C(=O)N[C@H]3CCCC[C@H]3C)[nH]c2c1. The molecule has 0 bridgehead atoms. The molecular weight excluding hydrogens is 306 g/mol. The number of nitrogens with zero attached hydrogens (tertiary/aromatic N) is 1. The molecule has 4 nitrogen and oxygen atoms in total. The van der Waals surface area contributed by atoms with Crippen molar-refractivity contribution in [2.45, 2.75) is 62.9 Å². The van der Waals surface area contributed by atoms with Crippen LogP contribution in [0.15, 0.2) is 23.4 Å². The van der Waals surface area contributed by atoms with Crippen molar-refractivity contribution < 1.29 is 4.79 Å². The van der Waals surface area contributed by atoms with Gasteiger partial charge in [0.2, 0.25) is 5.91 Å². The highest BCUT2D eigenvalue weighted by Crippen LogP contribution is 2.26. The average molecular weight is 331 g/mol. The molecule has 3 rings (SSSR count). The molecule has 0 unspecified atom stereocenters. The summed E-state index contributed by atoms with van der Waals surface area (Å²) in [6.07, 6.45) is 4.83. The number of aromatic nitrogens is 2. The maximum atomic E-state index is 12.5. The van der Waals surface area contributed by atoms with Crippen molar-refractivity contribution >= 4 is 28.7 Å². The van der Waals surface area contributed by atoms with Crippen LogP contribution in [0.5, 0.6) is 0 Å². The van der Waals surface area contributed by atoms with Gasteiger partial charge in [-0.05, 0) is 50.3 Å². The van der Waals surface area contributed by atoms with Crippen molar-refractivity contribution in [3.63, 3.8) is 0 Å². The van der Waals surface area contributed by atoms with Gasteiger partial charge in [0.15, 0.2) is 5.16 Å². The standard InChI is InChI=1S/C18H25N3OS/c1-11-8-9-15-16(10-11)21-18(20-15)23-13(3)17(22)19-14-7-5-4-6-12(14)2/h8-10,12-14H,4-7H2,1-3H3,(H,19,22)(H,20,21)/t12-,13-,14+/m1/s1. The zero-order valence-corrected chi connectivity index (χ0v) is 14.9. The van der Waals surface area contributed by atoms with Gasteiger partial charge in [0.05, 0.1) is 16.3 Å². The van der Waals surface area contributed by atoms with E-state index < -0.39 is 0 Å². The van der Waals surface area contributed by atoms with Crippen molar-refractivity contribution in [3.8, 4) is 0 Å². The number of nitrogens with one attached hydrogen (secondary N) is 2. The highest BCUT2D eigenvalue weighted by Gasteiger charge is 2.25. The van der Waals surface area contributed by atoms with Gasteiger partial charge >= 0.3 is 0 Å². The van der Waals surface area contributed by atoms with Gasteiger partial charge in [-0.25, -0.2) is 4.98 Å². The third-order valence-electron chi connectivity index (χ3n) is 4.71. The quantitative estimate of drug-likeness (QED) is 0.831. The number of carbonyl (C=O) groups is 1. The Kier molecular flexibility index (Phi) is 4.95. The lowest BCUT2D eigenvalue weighted by Gasteiger charge is -2.30. The fraction of sp³-hybridized carbons (Fsp3) is 0.556. The molecule has 1 aliphatic carbocycles. The zero-order chi connectivity index (χ0) is 16.4. The Bertz CT molecular complexity index is 697. The maximum Gasteiger partial charge on any atom is 0.233 e. The Hall–Kier alpha value is -1.49. The summed E-state index contributed by atoms with van der Waals surface area (Å²) >= 11 is 1.49. The van der Waals surface area contributed by atoms with Crippen molar-refractivity contribution in [1.29, 1.82) is 0 Å². The fourth-order valence-corrected chi connectivity index (χ4v) is 4.04. The van der Waals surface area contributed by atoms with Gasteiger partial charge in [0.1, 0.15) is 0 Å². The molecule has 1 aliphatic rings. The van der Waals surface area contributed by atoms with E-state index in [9.17, 15) is 4.79 Å². The first-order valence-corrected chi connectivity index (χ1v) is 9.34. The van der Waals surface area contributed by atoms with Crippen LogP contribution in [0.4, 0.5) is 0 Å². The minimum atomic E-state index is -0.147. The summed E-state index contributed by atoms with van der Waals surface area (Å²) in [6, 6.07) is 6.48. The van der Waals surface area contributed by atoms with Crippen LogP contribution in [0.3, 0.4) is 0 Å². The first-order valence-electron chi connectivity index (χ1n) is 8.46. The first kappa shape index (κ1) is 16.4. The molecule has 1 amide bonds. The number of H-pyrrole nitrogens is 1. The monoisotopic (exact) mass is 331 g/mol. The van der Waals surface area contributed by atoms with E-state index in [1.807, 2.05) is 13.0 Å². The number of imidazole rings is 1. The molecule has 1 aromatic heterocycles. The number of aryl methyl sites for hydroxylation is 1. The maximum absolute atomic E-state index is 12.5. The summed E-state index contributed by atoms with van der Waals surface area (Å²) in [5.74, 6) is 0.699. The fourth-order valence-electron chi connectivity index (χ4n) is 3.21. The van der Waals surface area contributed by atoms with Crippen molar-refractivity contribution in [3.05, 3.63) is 23.8 Å². The van der Waals surface area contributed by atoms with E-state index >= 15 is 0 Å². The molecule has 1 fully saturated rings. The van der Waals surface area contributed by atoms with Crippen LogP contribution in [0.25, 0.3) is 11.0 Å². The molecule has 3 atom stereocenters. The Labute approximate surface area is 141 Å². The third kappa shape index (κ3) is 3.89. The van der Waals surface area contributed by atoms with E-state index in [1.54, 1.807) is 0 Å². The third-order valence-corrected chi connectivity index (χ3v) is 5.70. The Morgan fingerprint density at radius 3 is 2.96 bits per heavy atom. The summed E-state index contributed by atoms with van der Waals surface area (Å²) in [5, 5.41) is 3.89. The minimum absolute atomic E-state index is 0.116. The van der Waals surface area contributed by atoms with Gasteiger partial charge in [-0.3, -0.25) is 4.79 Å². The van der Waals surface area contributed by atoms with Gasteiger partial charge in [0.25, 0.3) is 0 Å². The number of carbonyl (C=O) groups excluding carboxylic acids is 1. The lowest BCUT2D eigenvalue weighted by Crippen LogP contribution is -2.44. The van der Waals surface area contributed by atoms with Crippen LogP contribution in [-0.2, 0) is 4.79 Å². The number of hydrogen-bond acceptors (Lipinski definition) is 3. The number of benzene rings is 1. The molecule has 124 valence electrons. The summed E-state index contributed by atoms with van der Waals surface area (Å²) in [6.45, 7) is 6.25. The van der Waals surface area contributed by atoms with E-state index in [2.05, 4.69) is 41.3 Å². The lowest BCUT2D eigenvalue weighted by atomic mass is 9.86. The van der Waals surface area contributed by atoms with Crippen LogP contribution in [0.1, 0.15) is 45.1 Å². The van der Waals surface area contributed by atoms with Crippen LogP contribution < -0.4 is 5.32 Å². The first-order chi connectivity index (χ1) is 11.0. The number of fused-ring (bicyclic) bond motifs is 1. The van der Waals surface area contributed by atoms with Crippen molar-refractivity contribution in [1.82, 2.24) is 15.3 Å². The smallest absolute Gasteiger partial charge is 0.233 e. The molecule has 0 radical (unpaired) electrons. The number of hydrogen-bond donors (Lipinski definition) is 2. The van der Waals surface area contributed by atoms with Crippen LogP contribution in [0, 0.1) is 12.8 Å². The molecule has 1 aromatic carbocycles. The molecular formula is C18H25N3OS. The largest absolute Gasteiger partial charge is 0.352 e. The Balaban J connectivity index is 1.62. The molecule has 2 N–H and O–H groups in total. The second kappa shape index (κ2) is 6.95. The van der Waals surface area contributed by atoms with E-state index in [0.29, 0.717) is 12.0 Å². The molecule has 1 heterocycles. The Morgan fingerprint density at radius 2 is 2.17 bits per heavy atom.